The van der Waals surface area contributed by atoms with Crippen LogP contribution in [0.2, 0.25) is 0 Å². The second-order valence-corrected chi connectivity index (χ2v) is 6.88. The Morgan fingerprint density at radius 2 is 1.63 bits per heavy atom. The fraction of sp³-hybridized carbons (Fsp3) is 0.120. The van der Waals surface area contributed by atoms with Crippen molar-refractivity contribution in [3.8, 4) is 17.2 Å². The number of rotatable bonds is 5. The first-order valence-corrected chi connectivity index (χ1v) is 9.60. The lowest BCUT2D eigenvalue weighted by atomic mass is 10.1. The molecule has 0 saturated carbocycles. The van der Waals surface area contributed by atoms with Crippen molar-refractivity contribution in [2.24, 2.45) is 0 Å². The van der Waals surface area contributed by atoms with E-state index in [0.29, 0.717) is 28.2 Å². The van der Waals surface area contributed by atoms with Crippen LogP contribution < -0.4 is 15.0 Å². The van der Waals surface area contributed by atoms with Gasteiger partial charge in [-0.15, -0.1) is 0 Å². The fourth-order valence-electron chi connectivity index (χ4n) is 3.41. The van der Waals surface area contributed by atoms with Gasteiger partial charge in [0.2, 0.25) is 0 Å². The summed E-state index contributed by atoms with van der Waals surface area (Å²) in [4.78, 5) is 18.1. The molecular formula is C25H22N2O3. The van der Waals surface area contributed by atoms with Crippen LogP contribution in [0.3, 0.4) is 0 Å². The Kier molecular flexibility index (Phi) is 5.35. The minimum absolute atomic E-state index is 0.110. The Labute approximate surface area is 174 Å². The van der Waals surface area contributed by atoms with Gasteiger partial charge in [-0.25, -0.2) is 4.98 Å². The highest BCUT2D eigenvalue weighted by molar-refractivity contribution is 5.80. The molecular weight excluding hydrogens is 376 g/mol. The Morgan fingerprint density at radius 3 is 2.37 bits per heavy atom. The van der Waals surface area contributed by atoms with E-state index in [1.165, 1.54) is 0 Å². The van der Waals surface area contributed by atoms with Gasteiger partial charge in [-0.05, 0) is 49.4 Å². The number of nitrogens with zero attached hydrogens (tertiary/aromatic N) is 2. The van der Waals surface area contributed by atoms with E-state index in [4.69, 9.17) is 14.5 Å². The van der Waals surface area contributed by atoms with Crippen LogP contribution in [0.5, 0.6) is 11.5 Å². The molecule has 5 nitrogen and oxygen atoms in total. The number of methoxy groups -OCH3 is 2. The molecule has 5 heteroatoms. The van der Waals surface area contributed by atoms with E-state index < -0.39 is 0 Å². The van der Waals surface area contributed by atoms with Crippen LogP contribution in [-0.4, -0.2) is 23.8 Å². The van der Waals surface area contributed by atoms with E-state index >= 15 is 0 Å². The van der Waals surface area contributed by atoms with E-state index in [2.05, 4.69) is 0 Å². The number of hydrogen-bond acceptors (Lipinski definition) is 4. The Hall–Kier alpha value is -3.86. The van der Waals surface area contributed by atoms with Crippen LogP contribution in [-0.2, 0) is 0 Å². The maximum absolute atomic E-state index is 13.3. The second-order valence-electron chi connectivity index (χ2n) is 6.88. The first-order chi connectivity index (χ1) is 14.6. The average molecular weight is 398 g/mol. The summed E-state index contributed by atoms with van der Waals surface area (Å²) in [5, 5.41) is 0.578. The summed E-state index contributed by atoms with van der Waals surface area (Å²) in [5.74, 6) is 1.80. The van der Waals surface area contributed by atoms with E-state index in [9.17, 15) is 4.79 Å². The van der Waals surface area contributed by atoms with Gasteiger partial charge in [-0.2, -0.15) is 0 Å². The lowest BCUT2D eigenvalue weighted by Crippen LogP contribution is -2.22. The second kappa shape index (κ2) is 8.25. The first-order valence-electron chi connectivity index (χ1n) is 9.60. The van der Waals surface area contributed by atoms with Crippen molar-refractivity contribution in [2.45, 2.75) is 6.92 Å². The molecule has 0 radical (unpaired) electrons. The largest absolute Gasteiger partial charge is 0.493 e. The zero-order valence-corrected chi connectivity index (χ0v) is 17.1. The molecule has 4 aromatic rings. The zero-order valence-electron chi connectivity index (χ0n) is 17.1. The molecule has 4 rings (SSSR count). The van der Waals surface area contributed by atoms with Crippen LogP contribution in [0.4, 0.5) is 0 Å². The van der Waals surface area contributed by atoms with Crippen LogP contribution in [0, 0.1) is 6.92 Å². The summed E-state index contributed by atoms with van der Waals surface area (Å²) in [7, 11) is 3.21. The third-order valence-electron chi connectivity index (χ3n) is 4.94. The number of aromatic nitrogens is 2. The van der Waals surface area contributed by atoms with Crippen molar-refractivity contribution in [3.63, 3.8) is 0 Å². The SMILES string of the molecule is COc1cccc(C=Cc2nc3ccccc3c(=O)n2-c2ccc(C)cc2)c1OC. The molecule has 0 bridgehead atoms. The third-order valence-corrected chi connectivity index (χ3v) is 4.94. The van der Waals surface area contributed by atoms with E-state index in [1.54, 1.807) is 24.9 Å². The summed E-state index contributed by atoms with van der Waals surface area (Å²) >= 11 is 0. The van der Waals surface area contributed by atoms with Crippen molar-refractivity contribution in [1.29, 1.82) is 0 Å². The fourth-order valence-corrected chi connectivity index (χ4v) is 3.41. The smallest absolute Gasteiger partial charge is 0.266 e. The molecule has 0 fully saturated rings. The van der Waals surface area contributed by atoms with Gasteiger partial charge in [0.1, 0.15) is 5.82 Å². The van der Waals surface area contributed by atoms with Crippen LogP contribution >= 0.6 is 0 Å². The summed E-state index contributed by atoms with van der Waals surface area (Å²) in [6, 6.07) is 20.8. The van der Waals surface area contributed by atoms with Gasteiger partial charge < -0.3 is 9.47 Å². The monoisotopic (exact) mass is 398 g/mol. The number of ether oxygens (including phenoxy) is 2. The minimum Gasteiger partial charge on any atom is -0.493 e. The summed E-state index contributed by atoms with van der Waals surface area (Å²) in [5.41, 5.74) is 3.26. The van der Waals surface area contributed by atoms with Gasteiger partial charge in [-0.3, -0.25) is 9.36 Å². The highest BCUT2D eigenvalue weighted by Crippen LogP contribution is 2.32. The summed E-state index contributed by atoms with van der Waals surface area (Å²) in [6.07, 6.45) is 3.70. The molecule has 0 N–H and O–H groups in total. The standard InChI is InChI=1S/C25H22N2O3/c1-17-11-14-19(15-12-17)27-23(26-21-9-5-4-8-20(21)25(27)28)16-13-18-7-6-10-22(29-2)24(18)30-3/h4-16H,1-3H3. The molecule has 0 unspecified atom stereocenters. The molecule has 0 atom stereocenters. The summed E-state index contributed by atoms with van der Waals surface area (Å²) in [6.45, 7) is 2.01. The van der Waals surface area contributed by atoms with Gasteiger partial charge in [0.05, 0.1) is 30.8 Å². The number of benzene rings is 3. The van der Waals surface area contributed by atoms with Gasteiger partial charge in [-0.1, -0.05) is 42.0 Å². The quantitative estimate of drug-likeness (QED) is 0.481. The molecule has 150 valence electrons. The first kappa shape index (κ1) is 19.5. The lowest BCUT2D eigenvalue weighted by Gasteiger charge is -2.12. The van der Waals surface area contributed by atoms with Crippen molar-refractivity contribution in [3.05, 3.63) is 94.0 Å². The van der Waals surface area contributed by atoms with Crippen LogP contribution in [0.25, 0.3) is 28.7 Å². The van der Waals surface area contributed by atoms with Crippen molar-refractivity contribution < 1.29 is 9.47 Å². The minimum atomic E-state index is -0.110. The summed E-state index contributed by atoms with van der Waals surface area (Å²) < 4.78 is 12.5. The van der Waals surface area contributed by atoms with Crippen LogP contribution in [0.1, 0.15) is 17.0 Å². The molecule has 1 heterocycles. The zero-order chi connectivity index (χ0) is 21.1. The number of aryl methyl sites for hydroxylation is 1. The molecule has 1 aromatic heterocycles. The predicted molar refractivity (Wildman–Crippen MR) is 121 cm³/mol. The topological polar surface area (TPSA) is 53.3 Å². The molecule has 0 aliphatic heterocycles. The highest BCUT2D eigenvalue weighted by atomic mass is 16.5. The Bertz CT molecular complexity index is 1290. The Morgan fingerprint density at radius 1 is 0.867 bits per heavy atom. The number of para-hydroxylation sites is 2. The molecule has 0 aliphatic carbocycles. The van der Waals surface area contributed by atoms with E-state index in [-0.39, 0.29) is 5.56 Å². The van der Waals surface area contributed by atoms with E-state index in [0.717, 1.165) is 16.8 Å². The van der Waals surface area contributed by atoms with Crippen molar-refractivity contribution >= 4 is 23.1 Å². The average Bonchev–Trinajstić information content (AvgIpc) is 2.78. The molecule has 0 aliphatic rings. The molecule has 0 amide bonds. The molecule has 30 heavy (non-hydrogen) atoms. The third kappa shape index (κ3) is 3.57. The van der Waals surface area contributed by atoms with Gasteiger partial charge >= 0.3 is 0 Å². The van der Waals surface area contributed by atoms with Crippen molar-refractivity contribution in [2.75, 3.05) is 14.2 Å². The maximum Gasteiger partial charge on any atom is 0.266 e. The Balaban J connectivity index is 1.92. The van der Waals surface area contributed by atoms with Crippen LogP contribution in [0.15, 0.2) is 71.5 Å². The lowest BCUT2D eigenvalue weighted by molar-refractivity contribution is 0.354. The molecule has 0 spiro atoms. The van der Waals surface area contributed by atoms with Gasteiger partial charge in [0.25, 0.3) is 5.56 Å². The maximum atomic E-state index is 13.3. The normalized spacial score (nSPS) is 11.2. The highest BCUT2D eigenvalue weighted by Gasteiger charge is 2.12. The van der Waals surface area contributed by atoms with Crippen molar-refractivity contribution in [1.82, 2.24) is 9.55 Å². The van der Waals surface area contributed by atoms with Gasteiger partial charge in [0.15, 0.2) is 11.5 Å². The predicted octanol–water partition coefficient (Wildman–Crippen LogP) is 4.88. The number of hydrogen-bond donors (Lipinski definition) is 0. The van der Waals surface area contributed by atoms with E-state index in [1.807, 2.05) is 79.7 Å². The molecule has 3 aromatic carbocycles. The molecule has 0 saturated heterocycles. The number of fused-ring (bicyclic) bond motifs is 1. The van der Waals surface area contributed by atoms with Gasteiger partial charge in [0, 0.05) is 5.56 Å².